The van der Waals surface area contributed by atoms with Gasteiger partial charge in [-0.3, -0.25) is 9.35 Å². The van der Waals surface area contributed by atoms with Crippen LogP contribution < -0.4 is 5.32 Å². The Morgan fingerprint density at radius 1 is 1.08 bits per heavy atom. The molecule has 130 valence electrons. The lowest BCUT2D eigenvalue weighted by Crippen LogP contribution is -2.14. The van der Waals surface area contributed by atoms with Crippen molar-refractivity contribution < 1.29 is 17.8 Å². The second-order valence-electron chi connectivity index (χ2n) is 5.73. The molecule has 1 aromatic heterocycles. The van der Waals surface area contributed by atoms with E-state index >= 15 is 0 Å². The zero-order chi connectivity index (χ0) is 17.9. The van der Waals surface area contributed by atoms with Crippen molar-refractivity contribution in [1.29, 1.82) is 0 Å². The quantitative estimate of drug-likeness (QED) is 0.588. The summed E-state index contributed by atoms with van der Waals surface area (Å²) < 4.78 is 31.9. The van der Waals surface area contributed by atoms with Crippen molar-refractivity contribution in [2.45, 2.75) is 24.2 Å². The number of aryl methyl sites for hydroxylation is 1. The minimum Gasteiger partial charge on any atom is -0.361 e. The van der Waals surface area contributed by atoms with Crippen molar-refractivity contribution in [3.63, 3.8) is 0 Å². The molecular weight excluding hydrogens is 340 g/mol. The van der Waals surface area contributed by atoms with Crippen LogP contribution in [-0.2, 0) is 21.3 Å². The number of aromatic nitrogens is 1. The highest BCUT2D eigenvalue weighted by molar-refractivity contribution is 7.86. The predicted molar refractivity (Wildman–Crippen MR) is 96.1 cm³/mol. The van der Waals surface area contributed by atoms with E-state index in [0.29, 0.717) is 6.42 Å². The first-order chi connectivity index (χ1) is 11.9. The molecule has 6 nitrogen and oxygen atoms in total. The Morgan fingerprint density at radius 3 is 2.60 bits per heavy atom. The van der Waals surface area contributed by atoms with Crippen molar-refractivity contribution in [3.05, 3.63) is 60.3 Å². The number of nitrogens with one attached hydrogen (secondary N) is 2. The number of hydrogen-bond acceptors (Lipinski definition) is 3. The Labute approximate surface area is 145 Å². The smallest absolute Gasteiger partial charge is 0.296 e. The summed E-state index contributed by atoms with van der Waals surface area (Å²) >= 11 is 0. The zero-order valence-electron chi connectivity index (χ0n) is 13.4. The molecule has 0 aliphatic rings. The average Bonchev–Trinajstić information content (AvgIpc) is 2.98. The van der Waals surface area contributed by atoms with Crippen molar-refractivity contribution in [2.75, 3.05) is 5.32 Å². The molecule has 0 fully saturated rings. The molecule has 0 atom stereocenters. The number of fused-ring (bicyclic) bond motifs is 1. The summed E-state index contributed by atoms with van der Waals surface area (Å²) in [6.45, 7) is 0. The standard InChI is InChI=1S/C18H18N2O4S/c21-18(20-16-9-3-4-10-17(16)25(22,23)24)11-5-6-13-12-19-15-8-2-1-7-14(13)15/h1-4,7-10,12,19H,5-6,11H2,(H,20,21)(H,22,23,24). The molecule has 3 rings (SSSR count). The van der Waals surface area contributed by atoms with Gasteiger partial charge in [0.25, 0.3) is 10.1 Å². The Balaban J connectivity index is 1.61. The summed E-state index contributed by atoms with van der Waals surface area (Å²) in [5.74, 6) is -0.295. The third kappa shape index (κ3) is 4.07. The van der Waals surface area contributed by atoms with Crippen LogP contribution >= 0.6 is 0 Å². The second kappa shape index (κ2) is 7.08. The molecular formula is C18H18N2O4S. The highest BCUT2D eigenvalue weighted by atomic mass is 32.2. The van der Waals surface area contributed by atoms with E-state index in [2.05, 4.69) is 10.3 Å². The predicted octanol–water partition coefficient (Wildman–Crippen LogP) is 3.38. The maximum absolute atomic E-state index is 12.1. The molecule has 2 aromatic carbocycles. The van der Waals surface area contributed by atoms with E-state index in [-0.39, 0.29) is 22.9 Å². The number of rotatable bonds is 6. The van der Waals surface area contributed by atoms with E-state index in [1.807, 2.05) is 30.5 Å². The van der Waals surface area contributed by atoms with Crippen molar-refractivity contribution in [3.8, 4) is 0 Å². The number of H-pyrrole nitrogens is 1. The van der Waals surface area contributed by atoms with E-state index in [1.54, 1.807) is 6.07 Å². The van der Waals surface area contributed by atoms with Crippen LogP contribution in [-0.4, -0.2) is 23.9 Å². The molecule has 1 heterocycles. The number of carbonyl (C=O) groups is 1. The molecule has 0 saturated heterocycles. The number of aromatic amines is 1. The van der Waals surface area contributed by atoms with Gasteiger partial charge in [0, 0.05) is 23.5 Å². The van der Waals surface area contributed by atoms with Gasteiger partial charge in [0.1, 0.15) is 4.90 Å². The monoisotopic (exact) mass is 358 g/mol. The van der Waals surface area contributed by atoms with Crippen LogP contribution in [0.2, 0.25) is 0 Å². The van der Waals surface area contributed by atoms with Gasteiger partial charge in [0.15, 0.2) is 0 Å². The number of para-hydroxylation sites is 2. The van der Waals surface area contributed by atoms with Crippen molar-refractivity contribution in [1.82, 2.24) is 4.98 Å². The molecule has 1 amide bonds. The van der Waals surface area contributed by atoms with Gasteiger partial charge in [-0.2, -0.15) is 8.42 Å². The van der Waals surface area contributed by atoms with Gasteiger partial charge in [0.05, 0.1) is 5.69 Å². The summed E-state index contributed by atoms with van der Waals surface area (Å²) in [7, 11) is -4.38. The Morgan fingerprint density at radius 2 is 1.80 bits per heavy atom. The molecule has 0 unspecified atom stereocenters. The third-order valence-electron chi connectivity index (χ3n) is 3.96. The van der Waals surface area contributed by atoms with Crippen LogP contribution in [0.3, 0.4) is 0 Å². The van der Waals surface area contributed by atoms with Crippen LogP contribution in [0.5, 0.6) is 0 Å². The first kappa shape index (κ1) is 17.2. The maximum Gasteiger partial charge on any atom is 0.296 e. The molecule has 0 aliphatic carbocycles. The molecule has 0 aliphatic heterocycles. The van der Waals surface area contributed by atoms with Gasteiger partial charge in [0.2, 0.25) is 5.91 Å². The second-order valence-corrected chi connectivity index (χ2v) is 7.12. The fraction of sp³-hybridized carbons (Fsp3) is 0.167. The summed E-state index contributed by atoms with van der Waals surface area (Å²) in [5.41, 5.74) is 2.29. The van der Waals surface area contributed by atoms with Crippen LogP contribution in [0.15, 0.2) is 59.6 Å². The minimum absolute atomic E-state index is 0.0853. The van der Waals surface area contributed by atoms with Crippen LogP contribution in [0.1, 0.15) is 18.4 Å². The van der Waals surface area contributed by atoms with Gasteiger partial charge in [-0.1, -0.05) is 30.3 Å². The first-order valence-electron chi connectivity index (χ1n) is 7.86. The number of carbonyl (C=O) groups excluding carboxylic acids is 1. The maximum atomic E-state index is 12.1. The van der Waals surface area contributed by atoms with E-state index in [0.717, 1.165) is 22.9 Å². The fourth-order valence-corrected chi connectivity index (χ4v) is 3.43. The van der Waals surface area contributed by atoms with Gasteiger partial charge in [-0.15, -0.1) is 0 Å². The SMILES string of the molecule is O=C(CCCc1c[nH]c2ccccc12)Nc1ccccc1S(=O)(=O)O. The lowest BCUT2D eigenvalue weighted by molar-refractivity contribution is -0.116. The van der Waals surface area contributed by atoms with E-state index in [9.17, 15) is 17.8 Å². The highest BCUT2D eigenvalue weighted by Gasteiger charge is 2.16. The first-order valence-corrected chi connectivity index (χ1v) is 9.30. The molecule has 0 spiro atoms. The largest absolute Gasteiger partial charge is 0.361 e. The zero-order valence-corrected chi connectivity index (χ0v) is 14.2. The normalized spacial score (nSPS) is 11.6. The minimum atomic E-state index is -4.38. The molecule has 0 saturated carbocycles. The summed E-state index contributed by atoms with van der Waals surface area (Å²) in [6.07, 6.45) is 3.55. The Hall–Kier alpha value is -2.64. The molecule has 25 heavy (non-hydrogen) atoms. The van der Waals surface area contributed by atoms with Crippen LogP contribution in [0, 0.1) is 0 Å². The van der Waals surface area contributed by atoms with Gasteiger partial charge >= 0.3 is 0 Å². The van der Waals surface area contributed by atoms with Crippen LogP contribution in [0.4, 0.5) is 5.69 Å². The summed E-state index contributed by atoms with van der Waals surface area (Å²) in [5, 5.41) is 3.69. The molecule has 0 radical (unpaired) electrons. The third-order valence-corrected chi connectivity index (χ3v) is 4.88. The Bertz CT molecular complexity index is 1010. The number of benzene rings is 2. The summed E-state index contributed by atoms with van der Waals surface area (Å²) in [4.78, 5) is 15.0. The fourth-order valence-electron chi connectivity index (χ4n) is 2.79. The van der Waals surface area contributed by atoms with E-state index in [1.165, 1.54) is 18.2 Å². The highest BCUT2D eigenvalue weighted by Crippen LogP contribution is 2.22. The van der Waals surface area contributed by atoms with Crippen molar-refractivity contribution in [2.24, 2.45) is 0 Å². The van der Waals surface area contributed by atoms with Crippen LogP contribution in [0.25, 0.3) is 10.9 Å². The topological polar surface area (TPSA) is 99.3 Å². The molecule has 3 aromatic rings. The van der Waals surface area contributed by atoms with Gasteiger partial charge < -0.3 is 10.3 Å². The lowest BCUT2D eigenvalue weighted by Gasteiger charge is -2.08. The van der Waals surface area contributed by atoms with E-state index in [4.69, 9.17) is 0 Å². The molecule has 0 bridgehead atoms. The van der Waals surface area contributed by atoms with Crippen molar-refractivity contribution >= 4 is 32.6 Å². The Kier molecular flexibility index (Phi) is 4.87. The van der Waals surface area contributed by atoms with Gasteiger partial charge in [-0.25, -0.2) is 0 Å². The lowest BCUT2D eigenvalue weighted by atomic mass is 10.1. The summed E-state index contributed by atoms with van der Waals surface area (Å²) in [6, 6.07) is 13.7. The number of anilines is 1. The number of amides is 1. The molecule has 7 heteroatoms. The van der Waals surface area contributed by atoms with E-state index < -0.39 is 10.1 Å². The number of hydrogen-bond donors (Lipinski definition) is 3. The van der Waals surface area contributed by atoms with Gasteiger partial charge in [-0.05, 0) is 36.6 Å². The molecule has 3 N–H and O–H groups in total. The average molecular weight is 358 g/mol.